The number of rotatable bonds is 5. The molecule has 0 rings (SSSR count). The monoisotopic (exact) mass is 304 g/mol. The molecule has 0 aliphatic carbocycles. The molecule has 0 unspecified atom stereocenters. The van der Waals surface area contributed by atoms with Crippen molar-refractivity contribution in [2.24, 2.45) is 11.8 Å². The Morgan fingerprint density at radius 2 is 1.60 bits per heavy atom. The summed E-state index contributed by atoms with van der Waals surface area (Å²) >= 11 is 0. The summed E-state index contributed by atoms with van der Waals surface area (Å²) in [6.07, 6.45) is -11.8. The van der Waals surface area contributed by atoms with Crippen molar-refractivity contribution in [2.45, 2.75) is 32.6 Å². The Kier molecular flexibility index (Phi) is 6.32. The van der Waals surface area contributed by atoms with E-state index in [0.717, 1.165) is 0 Å². The average molecular weight is 304 g/mol. The summed E-state index contributed by atoms with van der Waals surface area (Å²) < 4.78 is 74.7. The summed E-state index contributed by atoms with van der Waals surface area (Å²) in [6.45, 7) is 2.35. The highest BCUT2D eigenvalue weighted by Crippen LogP contribution is 2.40. The van der Waals surface area contributed by atoms with Crippen LogP contribution in [-0.4, -0.2) is 36.2 Å². The van der Waals surface area contributed by atoms with Crippen molar-refractivity contribution in [3.8, 4) is 6.07 Å². The second-order valence-electron chi connectivity index (χ2n) is 4.60. The van der Waals surface area contributed by atoms with Crippen LogP contribution < -0.4 is 0 Å². The lowest BCUT2D eigenvalue weighted by Crippen LogP contribution is -2.50. The van der Waals surface area contributed by atoms with Crippen LogP contribution in [0.5, 0.6) is 0 Å². The summed E-state index contributed by atoms with van der Waals surface area (Å²) in [4.78, 5) is 12.0. The molecule has 0 spiro atoms. The maximum atomic E-state index is 12.5. The summed E-state index contributed by atoms with van der Waals surface area (Å²) in [6, 6.07) is 1.59. The van der Waals surface area contributed by atoms with Gasteiger partial charge in [-0.3, -0.25) is 4.79 Å². The van der Waals surface area contributed by atoms with Gasteiger partial charge in [-0.15, -0.1) is 0 Å². The molecule has 20 heavy (non-hydrogen) atoms. The molecule has 116 valence electrons. The van der Waals surface area contributed by atoms with E-state index in [2.05, 4.69) is 0 Å². The largest absolute Gasteiger partial charge is 0.409 e. The zero-order valence-electron chi connectivity index (χ0n) is 10.8. The van der Waals surface area contributed by atoms with Gasteiger partial charge in [0.1, 0.15) is 0 Å². The van der Waals surface area contributed by atoms with E-state index in [0.29, 0.717) is 4.90 Å². The van der Waals surface area contributed by atoms with E-state index in [1.807, 2.05) is 0 Å². The number of nitrogens with zero attached hydrogens (tertiary/aromatic N) is 2. The zero-order chi connectivity index (χ0) is 16.1. The van der Waals surface area contributed by atoms with Crippen molar-refractivity contribution in [1.29, 1.82) is 5.26 Å². The summed E-state index contributed by atoms with van der Waals surface area (Å²) in [5.41, 5.74) is 0. The Labute approximate surface area is 112 Å². The molecule has 0 aromatic heterocycles. The van der Waals surface area contributed by atoms with Gasteiger partial charge >= 0.3 is 12.4 Å². The zero-order valence-corrected chi connectivity index (χ0v) is 10.8. The van der Waals surface area contributed by atoms with Crippen LogP contribution in [0.25, 0.3) is 0 Å². The van der Waals surface area contributed by atoms with Gasteiger partial charge in [0.05, 0.1) is 12.5 Å². The van der Waals surface area contributed by atoms with E-state index in [9.17, 15) is 31.1 Å². The Balaban J connectivity index is 5.31. The highest BCUT2D eigenvalue weighted by molar-refractivity contribution is 5.80. The third-order valence-electron chi connectivity index (χ3n) is 2.29. The molecule has 0 aliphatic heterocycles. The quantitative estimate of drug-likeness (QED) is 0.732. The maximum absolute atomic E-state index is 12.5. The topological polar surface area (TPSA) is 44.1 Å². The lowest BCUT2D eigenvalue weighted by atomic mass is 10.1. The number of carbonyl (C=O) groups is 1. The molecule has 0 fully saturated rings. The number of hydrogen-bond acceptors (Lipinski definition) is 2. The minimum atomic E-state index is -5.71. The molecule has 1 amide bonds. The minimum absolute atomic E-state index is 0.275. The third kappa shape index (κ3) is 5.67. The molecule has 0 saturated heterocycles. The van der Waals surface area contributed by atoms with Gasteiger partial charge in [0.15, 0.2) is 0 Å². The highest BCUT2D eigenvalue weighted by atomic mass is 19.4. The second-order valence-corrected chi connectivity index (χ2v) is 4.60. The van der Waals surface area contributed by atoms with Crippen LogP contribution in [0.4, 0.5) is 26.3 Å². The van der Waals surface area contributed by atoms with Crippen molar-refractivity contribution < 1.29 is 31.1 Å². The maximum Gasteiger partial charge on any atom is 0.409 e. The van der Waals surface area contributed by atoms with E-state index < -0.39 is 30.7 Å². The minimum Gasteiger partial charge on any atom is -0.341 e. The molecule has 3 nitrogen and oxygen atoms in total. The number of nitriles is 1. The van der Waals surface area contributed by atoms with Gasteiger partial charge in [-0.25, -0.2) is 0 Å². The van der Waals surface area contributed by atoms with E-state index in [1.54, 1.807) is 19.9 Å². The number of hydrogen-bond donors (Lipinski definition) is 0. The normalized spacial score (nSPS) is 12.7. The van der Waals surface area contributed by atoms with Crippen molar-refractivity contribution >= 4 is 5.91 Å². The van der Waals surface area contributed by atoms with E-state index in [4.69, 9.17) is 5.26 Å². The van der Waals surface area contributed by atoms with Gasteiger partial charge < -0.3 is 4.90 Å². The predicted octanol–water partition coefficient (Wildman–Crippen LogP) is 3.13. The van der Waals surface area contributed by atoms with Crippen molar-refractivity contribution in [1.82, 2.24) is 4.90 Å². The summed E-state index contributed by atoms with van der Waals surface area (Å²) in [5.74, 6) is -6.43. The van der Waals surface area contributed by atoms with Gasteiger partial charge in [-0.05, 0) is 5.92 Å². The molecular weight excluding hydrogens is 290 g/mol. The van der Waals surface area contributed by atoms with Crippen molar-refractivity contribution in [2.75, 3.05) is 13.1 Å². The molecule has 0 aliphatic rings. The first-order valence-corrected chi connectivity index (χ1v) is 5.70. The average Bonchev–Trinajstić information content (AvgIpc) is 2.19. The van der Waals surface area contributed by atoms with Crippen LogP contribution in [0.15, 0.2) is 0 Å². The van der Waals surface area contributed by atoms with Crippen LogP contribution in [0.3, 0.4) is 0 Å². The standard InChI is InChI=1S/C11H14F6N2O/c1-7(2)6-19(5-3-4-18)9(20)8(10(12,13)14)11(15,16)17/h7-8H,3,5-6H2,1-2H3. The van der Waals surface area contributed by atoms with Crippen LogP contribution >= 0.6 is 0 Å². The van der Waals surface area contributed by atoms with Crippen molar-refractivity contribution in [3.63, 3.8) is 0 Å². The fourth-order valence-corrected chi connectivity index (χ4v) is 1.57. The number of amides is 1. The first kappa shape index (κ1) is 18.5. The Morgan fingerprint density at radius 3 is 1.90 bits per heavy atom. The van der Waals surface area contributed by atoms with Crippen molar-refractivity contribution in [3.05, 3.63) is 0 Å². The number of halogens is 6. The third-order valence-corrected chi connectivity index (χ3v) is 2.29. The molecule has 0 bridgehead atoms. The van der Waals surface area contributed by atoms with Gasteiger partial charge in [0.2, 0.25) is 11.8 Å². The lowest BCUT2D eigenvalue weighted by molar-refractivity contribution is -0.277. The first-order valence-electron chi connectivity index (χ1n) is 5.70. The van der Waals surface area contributed by atoms with E-state index >= 15 is 0 Å². The van der Waals surface area contributed by atoms with Gasteiger partial charge in [-0.2, -0.15) is 31.6 Å². The Morgan fingerprint density at radius 1 is 1.15 bits per heavy atom. The van der Waals surface area contributed by atoms with Crippen LogP contribution in [-0.2, 0) is 4.79 Å². The molecule has 0 N–H and O–H groups in total. The summed E-state index contributed by atoms with van der Waals surface area (Å²) in [5, 5.41) is 8.36. The Hall–Kier alpha value is -1.46. The van der Waals surface area contributed by atoms with E-state index in [1.165, 1.54) is 0 Å². The van der Waals surface area contributed by atoms with Crippen LogP contribution in [0.2, 0.25) is 0 Å². The first-order chi connectivity index (χ1) is 8.91. The molecule has 0 atom stereocenters. The molecule has 0 radical (unpaired) electrons. The molecule has 0 saturated carbocycles. The molecule has 0 aromatic carbocycles. The molecule has 9 heteroatoms. The summed E-state index contributed by atoms with van der Waals surface area (Å²) in [7, 11) is 0. The lowest BCUT2D eigenvalue weighted by Gasteiger charge is -2.30. The van der Waals surface area contributed by atoms with E-state index in [-0.39, 0.29) is 18.9 Å². The highest BCUT2D eigenvalue weighted by Gasteiger charge is 2.62. The second kappa shape index (κ2) is 6.81. The number of alkyl halides is 6. The van der Waals surface area contributed by atoms with Gasteiger partial charge in [0.25, 0.3) is 0 Å². The fourth-order valence-electron chi connectivity index (χ4n) is 1.57. The predicted molar refractivity (Wildman–Crippen MR) is 57.2 cm³/mol. The van der Waals surface area contributed by atoms with Crippen LogP contribution in [0.1, 0.15) is 20.3 Å². The number of carbonyl (C=O) groups excluding carboxylic acids is 1. The Bertz CT molecular complexity index is 355. The molecular formula is C11H14F6N2O. The molecule has 0 aromatic rings. The SMILES string of the molecule is CC(C)CN(CCC#N)C(=O)C(C(F)(F)F)C(F)(F)F. The van der Waals surface area contributed by atoms with Gasteiger partial charge in [-0.1, -0.05) is 13.8 Å². The van der Waals surface area contributed by atoms with Crippen LogP contribution in [0, 0.1) is 23.2 Å². The fraction of sp³-hybridized carbons (Fsp3) is 0.818. The molecule has 0 heterocycles. The smallest absolute Gasteiger partial charge is 0.341 e. The van der Waals surface area contributed by atoms with Gasteiger partial charge in [0, 0.05) is 13.1 Å².